The highest BCUT2D eigenvalue weighted by molar-refractivity contribution is 9.10. The smallest absolute Gasteiger partial charge is 0.137 e. The Bertz CT molecular complexity index is 976. The fourth-order valence-electron chi connectivity index (χ4n) is 3.67. The molecule has 0 unspecified atom stereocenters. The summed E-state index contributed by atoms with van der Waals surface area (Å²) in [7, 11) is 0. The number of benzene rings is 1. The first-order chi connectivity index (χ1) is 14.6. The van der Waals surface area contributed by atoms with Crippen LogP contribution in [0.3, 0.4) is 0 Å². The number of aromatic nitrogens is 1. The molecule has 3 heterocycles. The number of aliphatic imine (C=N–C) groups is 1. The number of pyridine rings is 1. The van der Waals surface area contributed by atoms with Crippen LogP contribution in [0.2, 0.25) is 0 Å². The zero-order valence-corrected chi connectivity index (χ0v) is 18.0. The van der Waals surface area contributed by atoms with E-state index in [1.807, 2.05) is 6.07 Å². The zero-order chi connectivity index (χ0) is 20.9. The monoisotopic (exact) mass is 475 g/mol. The zero-order valence-electron chi connectivity index (χ0n) is 16.4. The summed E-state index contributed by atoms with van der Waals surface area (Å²) >= 11 is 3.20. The molecule has 0 saturated carbocycles. The molecule has 7 nitrogen and oxygen atoms in total. The Morgan fingerprint density at radius 3 is 2.90 bits per heavy atom. The summed E-state index contributed by atoms with van der Waals surface area (Å²) < 4.78 is 19.3. The molecule has 4 rings (SSSR count). The van der Waals surface area contributed by atoms with Gasteiger partial charge < -0.3 is 15.3 Å². The van der Waals surface area contributed by atoms with Gasteiger partial charge >= 0.3 is 0 Å². The Balaban J connectivity index is 1.46. The molecule has 1 saturated heterocycles. The molecule has 9 heteroatoms. The molecule has 2 aromatic rings. The van der Waals surface area contributed by atoms with Crippen molar-refractivity contribution in [2.75, 3.05) is 44.7 Å². The number of rotatable bonds is 6. The number of halogens is 2. The molecule has 0 bridgehead atoms. The second-order valence-corrected chi connectivity index (χ2v) is 8.10. The minimum Gasteiger partial charge on any atom is -0.411 e. The van der Waals surface area contributed by atoms with E-state index in [1.54, 1.807) is 18.3 Å². The minimum absolute atomic E-state index is 0.326. The van der Waals surface area contributed by atoms with E-state index in [0.717, 1.165) is 61.2 Å². The van der Waals surface area contributed by atoms with Crippen molar-refractivity contribution in [2.24, 2.45) is 10.1 Å². The van der Waals surface area contributed by atoms with Crippen LogP contribution in [0.25, 0.3) is 0 Å². The van der Waals surface area contributed by atoms with Gasteiger partial charge in [-0.1, -0.05) is 11.2 Å². The average Bonchev–Trinajstić information content (AvgIpc) is 3.18. The number of oxime groups is 1. The third-order valence-corrected chi connectivity index (χ3v) is 5.88. The second-order valence-electron chi connectivity index (χ2n) is 7.24. The number of fused-ring (bicyclic) bond motifs is 1. The number of nitrogens with zero attached hydrogens (tertiary/aromatic N) is 4. The van der Waals surface area contributed by atoms with Crippen LogP contribution in [0.4, 0.5) is 10.2 Å². The number of nitrogens with one attached hydrogen (secondary N) is 1. The molecule has 30 heavy (non-hydrogen) atoms. The van der Waals surface area contributed by atoms with Gasteiger partial charge in [0.15, 0.2) is 0 Å². The Hall–Kier alpha value is -2.36. The SMILES string of the molecule is O/N=C(\Cc1ccc(F)c(Br)c1)c1ccnc2c1CC(=NCCN1CCOCC1)N2. The topological polar surface area (TPSA) is 82.3 Å². The molecule has 0 aliphatic carbocycles. The Labute approximate surface area is 182 Å². The lowest BCUT2D eigenvalue weighted by molar-refractivity contribution is 0.0394. The maximum atomic E-state index is 13.5. The van der Waals surface area contributed by atoms with Crippen molar-refractivity contribution in [3.05, 3.63) is 57.4 Å². The van der Waals surface area contributed by atoms with Crippen molar-refractivity contribution in [3.63, 3.8) is 0 Å². The molecule has 0 radical (unpaired) electrons. The molecule has 0 atom stereocenters. The van der Waals surface area contributed by atoms with Gasteiger partial charge in [-0.2, -0.15) is 0 Å². The lowest BCUT2D eigenvalue weighted by Gasteiger charge is -2.25. The van der Waals surface area contributed by atoms with E-state index in [2.05, 4.69) is 36.3 Å². The van der Waals surface area contributed by atoms with Crippen molar-refractivity contribution >= 4 is 33.3 Å². The fraction of sp³-hybridized carbons (Fsp3) is 0.381. The third kappa shape index (κ3) is 4.85. The van der Waals surface area contributed by atoms with Gasteiger partial charge in [0.1, 0.15) is 17.5 Å². The summed E-state index contributed by atoms with van der Waals surface area (Å²) in [5.74, 6) is 1.27. The Morgan fingerprint density at radius 2 is 2.13 bits per heavy atom. The first-order valence-electron chi connectivity index (χ1n) is 9.87. The molecule has 1 aromatic heterocycles. The van der Waals surface area contributed by atoms with Crippen LogP contribution in [-0.2, 0) is 17.6 Å². The molecular weight excluding hydrogens is 453 g/mol. The summed E-state index contributed by atoms with van der Waals surface area (Å²) in [6, 6.07) is 6.61. The molecule has 0 spiro atoms. The number of hydrogen-bond acceptors (Lipinski definition) is 6. The van der Waals surface area contributed by atoms with Gasteiger partial charge in [0, 0.05) is 49.8 Å². The highest BCUT2D eigenvalue weighted by Gasteiger charge is 2.23. The van der Waals surface area contributed by atoms with Crippen LogP contribution in [0.15, 0.2) is 45.1 Å². The number of ether oxygens (including phenoxy) is 1. The molecular formula is C21H23BrFN5O2. The molecule has 1 fully saturated rings. The molecule has 158 valence electrons. The van der Waals surface area contributed by atoms with Gasteiger partial charge in [0.05, 0.1) is 29.9 Å². The standard InChI is InChI=1S/C21H23BrFN5O2/c22-17-11-14(1-2-18(17)23)12-19(27-29)15-3-4-25-21-16(15)13-20(26-21)24-5-6-28-7-9-30-10-8-28/h1-4,11,29H,5-10,12-13H2,(H,24,25,26)/b27-19+. The summed E-state index contributed by atoms with van der Waals surface area (Å²) in [6.45, 7) is 5.05. The van der Waals surface area contributed by atoms with Crippen LogP contribution in [0, 0.1) is 5.82 Å². The van der Waals surface area contributed by atoms with Crippen molar-refractivity contribution < 1.29 is 14.3 Å². The van der Waals surface area contributed by atoms with E-state index >= 15 is 0 Å². The van der Waals surface area contributed by atoms with E-state index in [0.29, 0.717) is 29.6 Å². The number of anilines is 1. The predicted octanol–water partition coefficient (Wildman–Crippen LogP) is 3.10. The maximum absolute atomic E-state index is 13.5. The van der Waals surface area contributed by atoms with E-state index in [4.69, 9.17) is 9.73 Å². The third-order valence-electron chi connectivity index (χ3n) is 5.27. The van der Waals surface area contributed by atoms with Crippen molar-refractivity contribution in [3.8, 4) is 0 Å². The first kappa shape index (κ1) is 20.9. The van der Waals surface area contributed by atoms with Gasteiger partial charge in [-0.25, -0.2) is 9.37 Å². The van der Waals surface area contributed by atoms with Crippen LogP contribution < -0.4 is 5.32 Å². The summed E-state index contributed by atoms with van der Waals surface area (Å²) in [5, 5.41) is 16.5. The van der Waals surface area contributed by atoms with Gasteiger partial charge in [0.25, 0.3) is 0 Å². The van der Waals surface area contributed by atoms with Crippen molar-refractivity contribution in [2.45, 2.75) is 12.8 Å². The average molecular weight is 476 g/mol. The second kappa shape index (κ2) is 9.63. The van der Waals surface area contributed by atoms with E-state index in [9.17, 15) is 9.60 Å². The lowest BCUT2D eigenvalue weighted by atomic mass is 9.98. The molecule has 0 amide bonds. The molecule has 1 aromatic carbocycles. The quantitative estimate of drug-likeness (QED) is 0.381. The summed E-state index contributed by atoms with van der Waals surface area (Å²) in [5.41, 5.74) is 3.11. The van der Waals surface area contributed by atoms with Crippen molar-refractivity contribution in [1.82, 2.24) is 9.88 Å². The molecule has 2 N–H and O–H groups in total. The summed E-state index contributed by atoms with van der Waals surface area (Å²) in [6.07, 6.45) is 2.66. The van der Waals surface area contributed by atoms with E-state index in [-0.39, 0.29) is 5.82 Å². The van der Waals surface area contributed by atoms with Gasteiger partial charge in [-0.15, -0.1) is 0 Å². The lowest BCUT2D eigenvalue weighted by Crippen LogP contribution is -2.37. The normalized spacial score (nSPS) is 18.5. The van der Waals surface area contributed by atoms with Crippen LogP contribution in [0.5, 0.6) is 0 Å². The molecule has 2 aliphatic heterocycles. The Kier molecular flexibility index (Phi) is 6.71. The van der Waals surface area contributed by atoms with E-state index in [1.165, 1.54) is 6.07 Å². The fourth-order valence-corrected chi connectivity index (χ4v) is 4.10. The maximum Gasteiger partial charge on any atom is 0.137 e. The van der Waals surface area contributed by atoms with E-state index < -0.39 is 0 Å². The van der Waals surface area contributed by atoms with Gasteiger partial charge in [-0.05, 0) is 39.7 Å². The highest BCUT2D eigenvalue weighted by Crippen LogP contribution is 2.26. The minimum atomic E-state index is -0.326. The van der Waals surface area contributed by atoms with Crippen LogP contribution in [-0.4, -0.2) is 66.0 Å². The Morgan fingerprint density at radius 1 is 1.30 bits per heavy atom. The van der Waals surface area contributed by atoms with Crippen LogP contribution >= 0.6 is 15.9 Å². The largest absolute Gasteiger partial charge is 0.411 e. The number of amidine groups is 1. The number of hydrogen-bond donors (Lipinski definition) is 2. The first-order valence-corrected chi connectivity index (χ1v) is 10.7. The van der Waals surface area contributed by atoms with Crippen molar-refractivity contribution in [1.29, 1.82) is 0 Å². The van der Waals surface area contributed by atoms with Gasteiger partial charge in [0.2, 0.25) is 0 Å². The van der Waals surface area contributed by atoms with Crippen LogP contribution in [0.1, 0.15) is 16.7 Å². The predicted molar refractivity (Wildman–Crippen MR) is 117 cm³/mol. The highest BCUT2D eigenvalue weighted by atomic mass is 79.9. The van der Waals surface area contributed by atoms with Gasteiger partial charge in [-0.3, -0.25) is 9.89 Å². The molecule has 2 aliphatic rings. The summed E-state index contributed by atoms with van der Waals surface area (Å²) in [4.78, 5) is 11.4. The number of morpholine rings is 1.